The van der Waals surface area contributed by atoms with Crippen molar-refractivity contribution in [3.8, 4) is 0 Å². The molecule has 0 aromatic heterocycles. The molecule has 2 rings (SSSR count). The maximum atomic E-state index is 6.27. The first-order valence-electron chi connectivity index (χ1n) is 6.91. The number of hydrogen-bond donors (Lipinski definition) is 1. The lowest BCUT2D eigenvalue weighted by molar-refractivity contribution is -0.190. The van der Waals surface area contributed by atoms with Gasteiger partial charge in [0.2, 0.25) is 0 Å². The van der Waals surface area contributed by atoms with Crippen LogP contribution in [-0.2, 0) is 9.47 Å². The lowest BCUT2D eigenvalue weighted by Gasteiger charge is -2.43. The highest BCUT2D eigenvalue weighted by atomic mass is 16.7. The molecule has 1 saturated carbocycles. The molecule has 1 spiro atoms. The second-order valence-electron chi connectivity index (χ2n) is 5.87. The molecular formula is C13H27N3O2. The van der Waals surface area contributed by atoms with E-state index in [2.05, 4.69) is 30.9 Å². The Bertz CT molecular complexity index is 267. The summed E-state index contributed by atoms with van der Waals surface area (Å²) in [7, 11) is 6.35. The maximum absolute atomic E-state index is 6.27. The van der Waals surface area contributed by atoms with Crippen LogP contribution >= 0.6 is 0 Å². The summed E-state index contributed by atoms with van der Waals surface area (Å²) in [5.41, 5.74) is 6.27. The van der Waals surface area contributed by atoms with E-state index < -0.39 is 0 Å². The summed E-state index contributed by atoms with van der Waals surface area (Å²) in [6.45, 7) is 3.53. The van der Waals surface area contributed by atoms with Crippen LogP contribution in [0.25, 0.3) is 0 Å². The Balaban J connectivity index is 1.92. The van der Waals surface area contributed by atoms with Gasteiger partial charge >= 0.3 is 0 Å². The van der Waals surface area contributed by atoms with Crippen molar-refractivity contribution in [2.75, 3.05) is 47.4 Å². The van der Waals surface area contributed by atoms with Crippen LogP contribution in [0.5, 0.6) is 0 Å². The van der Waals surface area contributed by atoms with Gasteiger partial charge in [0, 0.05) is 38.0 Å². The van der Waals surface area contributed by atoms with Crippen LogP contribution in [0.2, 0.25) is 0 Å². The molecule has 5 heteroatoms. The summed E-state index contributed by atoms with van der Waals surface area (Å²) in [5, 5.41) is 0. The first kappa shape index (κ1) is 14.2. The standard InChI is InChI=1S/C13H27N3O2/c1-15(2)6-7-16(3)12-10-13(5-4-11(12)14)17-8-9-18-13/h11-12H,4-10,14H2,1-3H3. The molecule has 2 N–H and O–H groups in total. The summed E-state index contributed by atoms with van der Waals surface area (Å²) in [6, 6.07) is 0.590. The summed E-state index contributed by atoms with van der Waals surface area (Å²) < 4.78 is 11.6. The van der Waals surface area contributed by atoms with Crippen molar-refractivity contribution in [2.45, 2.75) is 37.1 Å². The van der Waals surface area contributed by atoms with Gasteiger partial charge in [0.25, 0.3) is 0 Å². The van der Waals surface area contributed by atoms with Gasteiger partial charge in [-0.2, -0.15) is 0 Å². The molecule has 1 saturated heterocycles. The zero-order valence-corrected chi connectivity index (χ0v) is 11.9. The predicted molar refractivity (Wildman–Crippen MR) is 71.4 cm³/mol. The van der Waals surface area contributed by atoms with E-state index in [1.54, 1.807) is 0 Å². The second-order valence-corrected chi connectivity index (χ2v) is 5.87. The fourth-order valence-corrected chi connectivity index (χ4v) is 2.92. The smallest absolute Gasteiger partial charge is 0.170 e. The molecule has 18 heavy (non-hydrogen) atoms. The average molecular weight is 257 g/mol. The van der Waals surface area contributed by atoms with Crippen LogP contribution in [0.3, 0.4) is 0 Å². The van der Waals surface area contributed by atoms with Gasteiger partial charge in [0.05, 0.1) is 13.2 Å². The van der Waals surface area contributed by atoms with Crippen molar-refractivity contribution >= 4 is 0 Å². The van der Waals surface area contributed by atoms with Gasteiger partial charge in [-0.15, -0.1) is 0 Å². The molecule has 0 aromatic rings. The molecule has 0 aromatic carbocycles. The van der Waals surface area contributed by atoms with E-state index in [0.717, 1.165) is 45.6 Å². The first-order valence-corrected chi connectivity index (χ1v) is 6.91. The van der Waals surface area contributed by atoms with Gasteiger partial charge in [0.15, 0.2) is 5.79 Å². The minimum atomic E-state index is -0.340. The van der Waals surface area contributed by atoms with Crippen LogP contribution < -0.4 is 5.73 Å². The fourth-order valence-electron chi connectivity index (χ4n) is 2.92. The molecule has 2 aliphatic rings. The average Bonchev–Trinajstić information content (AvgIpc) is 2.78. The molecule has 0 radical (unpaired) electrons. The molecule has 2 unspecified atom stereocenters. The quantitative estimate of drug-likeness (QED) is 0.774. The molecule has 2 fully saturated rings. The topological polar surface area (TPSA) is 51.0 Å². The summed E-state index contributed by atoms with van der Waals surface area (Å²) in [6.07, 6.45) is 2.82. The van der Waals surface area contributed by atoms with Crippen LogP contribution in [0.1, 0.15) is 19.3 Å². The van der Waals surface area contributed by atoms with Crippen molar-refractivity contribution in [3.63, 3.8) is 0 Å². The van der Waals surface area contributed by atoms with E-state index in [4.69, 9.17) is 15.2 Å². The Labute approximate surface area is 110 Å². The highest BCUT2D eigenvalue weighted by Crippen LogP contribution is 2.36. The largest absolute Gasteiger partial charge is 0.347 e. The Morgan fingerprint density at radius 3 is 2.44 bits per heavy atom. The van der Waals surface area contributed by atoms with Crippen molar-refractivity contribution in [2.24, 2.45) is 5.73 Å². The third-order valence-electron chi connectivity index (χ3n) is 4.15. The van der Waals surface area contributed by atoms with Crippen LogP contribution in [0.4, 0.5) is 0 Å². The van der Waals surface area contributed by atoms with Gasteiger partial charge in [-0.3, -0.25) is 0 Å². The summed E-state index contributed by atoms with van der Waals surface area (Å²) >= 11 is 0. The second kappa shape index (κ2) is 5.84. The van der Waals surface area contributed by atoms with Crippen LogP contribution in [0, 0.1) is 0 Å². The molecular weight excluding hydrogens is 230 g/mol. The van der Waals surface area contributed by atoms with Crippen LogP contribution in [0.15, 0.2) is 0 Å². The van der Waals surface area contributed by atoms with Gasteiger partial charge in [-0.05, 0) is 27.6 Å². The molecule has 0 bridgehead atoms. The Kier molecular flexibility index (Phi) is 4.61. The van der Waals surface area contributed by atoms with Crippen molar-refractivity contribution in [1.82, 2.24) is 9.80 Å². The summed E-state index contributed by atoms with van der Waals surface area (Å²) in [5.74, 6) is -0.340. The van der Waals surface area contributed by atoms with E-state index in [1.165, 1.54) is 0 Å². The minimum absolute atomic E-state index is 0.232. The minimum Gasteiger partial charge on any atom is -0.347 e. The lowest BCUT2D eigenvalue weighted by atomic mass is 9.85. The highest BCUT2D eigenvalue weighted by Gasteiger charge is 2.45. The van der Waals surface area contributed by atoms with E-state index in [1.807, 2.05) is 0 Å². The Morgan fingerprint density at radius 1 is 1.17 bits per heavy atom. The van der Waals surface area contributed by atoms with Gasteiger partial charge in [-0.25, -0.2) is 0 Å². The number of nitrogens with two attached hydrogens (primary N) is 1. The summed E-state index contributed by atoms with van der Waals surface area (Å²) in [4.78, 5) is 4.56. The van der Waals surface area contributed by atoms with Gasteiger partial charge < -0.3 is 25.0 Å². The van der Waals surface area contributed by atoms with E-state index in [0.29, 0.717) is 6.04 Å². The Hall–Kier alpha value is -0.200. The molecule has 5 nitrogen and oxygen atoms in total. The van der Waals surface area contributed by atoms with Gasteiger partial charge in [0.1, 0.15) is 0 Å². The van der Waals surface area contributed by atoms with E-state index in [-0.39, 0.29) is 11.8 Å². The van der Waals surface area contributed by atoms with Crippen LogP contribution in [-0.4, -0.2) is 75.1 Å². The molecule has 1 aliphatic carbocycles. The maximum Gasteiger partial charge on any atom is 0.170 e. The normalized spacial score (nSPS) is 31.7. The molecule has 2 atom stereocenters. The molecule has 106 valence electrons. The number of nitrogens with zero attached hydrogens (tertiary/aromatic N) is 2. The lowest BCUT2D eigenvalue weighted by Crippen LogP contribution is -2.56. The van der Waals surface area contributed by atoms with Crippen molar-refractivity contribution < 1.29 is 9.47 Å². The SMILES string of the molecule is CN(C)CCN(C)C1CC2(CCC1N)OCCO2. The van der Waals surface area contributed by atoms with Gasteiger partial charge in [-0.1, -0.05) is 0 Å². The third kappa shape index (κ3) is 3.22. The predicted octanol–water partition coefficient (Wildman–Crippen LogP) is 0.103. The monoisotopic (exact) mass is 257 g/mol. The fraction of sp³-hybridized carbons (Fsp3) is 1.00. The number of likely N-dealkylation sites (N-methyl/N-ethyl adjacent to an activating group) is 2. The third-order valence-corrected chi connectivity index (χ3v) is 4.15. The number of ether oxygens (including phenoxy) is 2. The zero-order valence-electron chi connectivity index (χ0n) is 11.9. The first-order chi connectivity index (χ1) is 8.52. The highest BCUT2D eigenvalue weighted by molar-refractivity contribution is 4.94. The zero-order chi connectivity index (χ0) is 13.2. The molecule has 0 amide bonds. The number of rotatable bonds is 4. The van der Waals surface area contributed by atoms with E-state index >= 15 is 0 Å². The Morgan fingerprint density at radius 2 is 1.83 bits per heavy atom. The number of hydrogen-bond acceptors (Lipinski definition) is 5. The van der Waals surface area contributed by atoms with Crippen molar-refractivity contribution in [1.29, 1.82) is 0 Å². The van der Waals surface area contributed by atoms with E-state index in [9.17, 15) is 0 Å². The molecule has 1 heterocycles. The van der Waals surface area contributed by atoms with Crippen molar-refractivity contribution in [3.05, 3.63) is 0 Å². The molecule has 1 aliphatic heterocycles.